The van der Waals surface area contributed by atoms with Crippen LogP contribution in [0.15, 0.2) is 77.0 Å². The number of hydrogen-bond donors (Lipinski definition) is 3. The van der Waals surface area contributed by atoms with Crippen molar-refractivity contribution in [2.75, 3.05) is 11.9 Å². The molecule has 1 heterocycles. The van der Waals surface area contributed by atoms with Gasteiger partial charge in [-0.3, -0.25) is 15.6 Å². The standard InChI is InChI=1S/C26H27N3O2S/c1-16(2)20-13-17(3)9-11-23(20)31-15-26(30)29-28-18(4)19-10-12-25-22(14-19)27-21-7-5-6-8-24(21)32-25/h5-14,16,27-28H,4,15H2,1-3H3,(H,29,30). The van der Waals surface area contributed by atoms with Gasteiger partial charge in [0, 0.05) is 15.4 Å². The van der Waals surface area contributed by atoms with Crippen molar-refractivity contribution in [1.82, 2.24) is 10.9 Å². The van der Waals surface area contributed by atoms with E-state index in [0.29, 0.717) is 11.6 Å². The Hall–Kier alpha value is -3.38. The van der Waals surface area contributed by atoms with Crippen LogP contribution in [0, 0.1) is 6.92 Å². The highest BCUT2D eigenvalue weighted by molar-refractivity contribution is 7.99. The molecule has 6 heteroatoms. The predicted molar refractivity (Wildman–Crippen MR) is 131 cm³/mol. The molecular weight excluding hydrogens is 418 g/mol. The van der Waals surface area contributed by atoms with E-state index in [1.54, 1.807) is 11.8 Å². The molecule has 1 aliphatic rings. The number of aryl methyl sites for hydroxylation is 1. The molecule has 0 spiro atoms. The number of ether oxygens (including phenoxy) is 1. The second-order valence-corrected chi connectivity index (χ2v) is 9.15. The van der Waals surface area contributed by atoms with Gasteiger partial charge in [0.25, 0.3) is 5.91 Å². The summed E-state index contributed by atoms with van der Waals surface area (Å²) < 4.78 is 5.77. The summed E-state index contributed by atoms with van der Waals surface area (Å²) in [5.41, 5.74) is 11.4. The first-order chi connectivity index (χ1) is 15.4. The van der Waals surface area contributed by atoms with Crippen LogP contribution in [-0.4, -0.2) is 12.5 Å². The first kappa shape index (κ1) is 21.8. The van der Waals surface area contributed by atoms with Gasteiger partial charge in [0.1, 0.15) is 5.75 Å². The molecule has 5 nitrogen and oxygen atoms in total. The van der Waals surface area contributed by atoms with Crippen LogP contribution in [-0.2, 0) is 4.79 Å². The highest BCUT2D eigenvalue weighted by Gasteiger charge is 2.16. The van der Waals surface area contributed by atoms with Gasteiger partial charge in [-0.1, -0.05) is 68.1 Å². The number of hydrogen-bond acceptors (Lipinski definition) is 5. The number of fused-ring (bicyclic) bond motifs is 2. The number of benzene rings is 3. The molecule has 0 radical (unpaired) electrons. The minimum absolute atomic E-state index is 0.0811. The number of carbonyl (C=O) groups excluding carboxylic acids is 1. The van der Waals surface area contributed by atoms with Crippen molar-refractivity contribution in [3.05, 3.63) is 83.9 Å². The molecule has 3 aromatic rings. The lowest BCUT2D eigenvalue weighted by Gasteiger charge is -2.22. The maximum absolute atomic E-state index is 12.3. The molecule has 0 saturated carbocycles. The third-order valence-electron chi connectivity index (χ3n) is 5.20. The van der Waals surface area contributed by atoms with Crippen LogP contribution >= 0.6 is 11.8 Å². The molecule has 0 bridgehead atoms. The van der Waals surface area contributed by atoms with E-state index in [1.165, 1.54) is 10.5 Å². The Labute approximate surface area is 193 Å². The third-order valence-corrected chi connectivity index (χ3v) is 6.36. The molecule has 0 aromatic heterocycles. The zero-order valence-electron chi connectivity index (χ0n) is 18.5. The normalized spacial score (nSPS) is 11.8. The molecule has 3 aromatic carbocycles. The quantitative estimate of drug-likeness (QED) is 0.305. The Kier molecular flexibility index (Phi) is 6.42. The number of amides is 1. The first-order valence-corrected chi connectivity index (χ1v) is 11.4. The third kappa shape index (κ3) is 4.92. The molecule has 0 unspecified atom stereocenters. The predicted octanol–water partition coefficient (Wildman–Crippen LogP) is 6.00. The lowest BCUT2D eigenvalue weighted by atomic mass is 10.00. The topological polar surface area (TPSA) is 62.4 Å². The van der Waals surface area contributed by atoms with Crippen LogP contribution < -0.4 is 20.9 Å². The zero-order chi connectivity index (χ0) is 22.7. The van der Waals surface area contributed by atoms with Crippen molar-refractivity contribution in [2.45, 2.75) is 36.5 Å². The monoisotopic (exact) mass is 445 g/mol. The largest absolute Gasteiger partial charge is 0.483 e. The zero-order valence-corrected chi connectivity index (χ0v) is 19.3. The summed E-state index contributed by atoms with van der Waals surface area (Å²) in [6, 6.07) is 20.3. The van der Waals surface area contributed by atoms with Crippen molar-refractivity contribution in [3.63, 3.8) is 0 Å². The van der Waals surface area contributed by atoms with Crippen LogP contribution in [0.4, 0.5) is 11.4 Å². The van der Waals surface area contributed by atoms with E-state index in [2.05, 4.69) is 60.9 Å². The fraction of sp³-hybridized carbons (Fsp3) is 0.192. The number of rotatable bonds is 7. The Bertz CT molecular complexity index is 1170. The lowest BCUT2D eigenvalue weighted by molar-refractivity contribution is -0.123. The van der Waals surface area contributed by atoms with Crippen LogP contribution in [0.2, 0.25) is 0 Å². The summed E-state index contributed by atoms with van der Waals surface area (Å²) in [5, 5.41) is 3.46. The van der Waals surface area contributed by atoms with E-state index in [9.17, 15) is 4.79 Å². The molecule has 32 heavy (non-hydrogen) atoms. The summed E-state index contributed by atoms with van der Waals surface area (Å²) in [5.74, 6) is 0.772. The second-order valence-electron chi connectivity index (χ2n) is 8.07. The van der Waals surface area contributed by atoms with Gasteiger partial charge >= 0.3 is 0 Å². The Morgan fingerprint density at radius 2 is 1.81 bits per heavy atom. The number of anilines is 2. The fourth-order valence-electron chi connectivity index (χ4n) is 3.47. The summed E-state index contributed by atoms with van der Waals surface area (Å²) in [6.07, 6.45) is 0. The Balaban J connectivity index is 1.33. The molecule has 1 aliphatic heterocycles. The molecule has 164 valence electrons. The Morgan fingerprint density at radius 1 is 1.03 bits per heavy atom. The van der Waals surface area contributed by atoms with E-state index in [4.69, 9.17) is 4.74 Å². The van der Waals surface area contributed by atoms with Crippen LogP contribution in [0.5, 0.6) is 5.75 Å². The molecule has 1 amide bonds. The SMILES string of the molecule is C=C(NNC(=O)COc1ccc(C)cc1C(C)C)c1ccc2c(c1)Nc1ccccc1S2. The van der Waals surface area contributed by atoms with Crippen LogP contribution in [0.3, 0.4) is 0 Å². The van der Waals surface area contributed by atoms with E-state index in [1.807, 2.05) is 43.3 Å². The average molecular weight is 446 g/mol. The molecule has 0 fully saturated rings. The van der Waals surface area contributed by atoms with E-state index >= 15 is 0 Å². The summed E-state index contributed by atoms with van der Waals surface area (Å²) in [4.78, 5) is 14.7. The van der Waals surface area contributed by atoms with Crippen molar-refractivity contribution in [3.8, 4) is 5.75 Å². The van der Waals surface area contributed by atoms with Gasteiger partial charge in [-0.2, -0.15) is 0 Å². The van der Waals surface area contributed by atoms with E-state index < -0.39 is 0 Å². The van der Waals surface area contributed by atoms with Crippen molar-refractivity contribution >= 4 is 34.7 Å². The molecule has 4 rings (SSSR count). The van der Waals surface area contributed by atoms with Gasteiger partial charge in [-0.15, -0.1) is 0 Å². The molecule has 3 N–H and O–H groups in total. The number of hydrazine groups is 1. The van der Waals surface area contributed by atoms with Gasteiger partial charge in [0.2, 0.25) is 0 Å². The number of nitrogens with one attached hydrogen (secondary N) is 3. The summed E-state index contributed by atoms with van der Waals surface area (Å²) in [6.45, 7) is 10.2. The molecular formula is C26H27N3O2S. The van der Waals surface area contributed by atoms with Crippen LogP contribution in [0.1, 0.15) is 36.5 Å². The van der Waals surface area contributed by atoms with Gasteiger partial charge in [0.15, 0.2) is 6.61 Å². The van der Waals surface area contributed by atoms with Gasteiger partial charge in [0.05, 0.1) is 17.1 Å². The fourth-order valence-corrected chi connectivity index (χ4v) is 4.44. The summed E-state index contributed by atoms with van der Waals surface area (Å²) >= 11 is 1.73. The van der Waals surface area contributed by atoms with Crippen LogP contribution in [0.25, 0.3) is 5.70 Å². The molecule has 0 atom stereocenters. The maximum Gasteiger partial charge on any atom is 0.276 e. The second kappa shape index (κ2) is 9.40. The van der Waals surface area contributed by atoms with E-state index in [-0.39, 0.29) is 12.5 Å². The van der Waals surface area contributed by atoms with Crippen molar-refractivity contribution in [2.24, 2.45) is 0 Å². The first-order valence-electron chi connectivity index (χ1n) is 10.6. The highest BCUT2D eigenvalue weighted by Crippen LogP contribution is 2.44. The average Bonchev–Trinajstić information content (AvgIpc) is 2.79. The summed E-state index contributed by atoms with van der Waals surface area (Å²) in [7, 11) is 0. The maximum atomic E-state index is 12.3. The lowest BCUT2D eigenvalue weighted by Crippen LogP contribution is -2.39. The van der Waals surface area contributed by atoms with Gasteiger partial charge in [-0.25, -0.2) is 0 Å². The number of carbonyl (C=O) groups is 1. The van der Waals surface area contributed by atoms with Gasteiger partial charge < -0.3 is 10.1 Å². The molecule has 0 aliphatic carbocycles. The number of para-hydroxylation sites is 1. The molecule has 0 saturated heterocycles. The minimum Gasteiger partial charge on any atom is -0.483 e. The van der Waals surface area contributed by atoms with E-state index in [0.717, 1.165) is 33.1 Å². The Morgan fingerprint density at radius 3 is 2.62 bits per heavy atom. The smallest absolute Gasteiger partial charge is 0.276 e. The minimum atomic E-state index is -0.276. The van der Waals surface area contributed by atoms with Crippen molar-refractivity contribution in [1.29, 1.82) is 0 Å². The van der Waals surface area contributed by atoms with Crippen molar-refractivity contribution < 1.29 is 9.53 Å². The highest BCUT2D eigenvalue weighted by atomic mass is 32.2. The van der Waals surface area contributed by atoms with Gasteiger partial charge in [-0.05, 0) is 48.7 Å².